The first-order chi connectivity index (χ1) is 5.83. The zero-order valence-electron chi connectivity index (χ0n) is 7.83. The van der Waals surface area contributed by atoms with E-state index in [9.17, 15) is 5.11 Å². The summed E-state index contributed by atoms with van der Waals surface area (Å²) in [6.07, 6.45) is 1.83. The van der Waals surface area contributed by atoms with Gasteiger partial charge in [-0.05, 0) is 6.42 Å². The van der Waals surface area contributed by atoms with Crippen LogP contribution in [0.4, 0.5) is 0 Å². The van der Waals surface area contributed by atoms with Crippen LogP contribution in [0.2, 0.25) is 0 Å². The number of rotatable bonds is 4. The first kappa shape index (κ1) is 9.96. The van der Waals surface area contributed by atoms with Gasteiger partial charge >= 0.3 is 0 Å². The minimum atomic E-state index is -0.145. The molecule has 0 radical (unpaired) electrons. The van der Waals surface area contributed by atoms with Crippen molar-refractivity contribution in [1.82, 2.24) is 4.90 Å². The Bertz CT molecular complexity index is 113. The monoisotopic (exact) mass is 173 g/mol. The van der Waals surface area contributed by atoms with Crippen LogP contribution in [0.5, 0.6) is 0 Å². The Hall–Kier alpha value is -0.120. The maximum Gasteiger partial charge on any atom is 0.0667 e. The van der Waals surface area contributed by atoms with E-state index < -0.39 is 0 Å². The van der Waals surface area contributed by atoms with Crippen LogP contribution in [0.1, 0.15) is 19.8 Å². The molecule has 72 valence electrons. The lowest BCUT2D eigenvalue weighted by Gasteiger charge is -2.28. The van der Waals surface area contributed by atoms with Crippen LogP contribution < -0.4 is 0 Å². The minimum Gasteiger partial charge on any atom is -0.392 e. The van der Waals surface area contributed by atoms with Gasteiger partial charge in [0.25, 0.3) is 0 Å². The molecule has 1 aliphatic rings. The molecule has 0 amide bonds. The van der Waals surface area contributed by atoms with Crippen molar-refractivity contribution < 1.29 is 9.84 Å². The normalized spacial score (nSPS) is 22.5. The fourth-order valence-electron chi connectivity index (χ4n) is 1.51. The molecule has 0 aromatic carbocycles. The highest BCUT2D eigenvalue weighted by Gasteiger charge is 2.13. The van der Waals surface area contributed by atoms with Crippen molar-refractivity contribution in [3.8, 4) is 0 Å². The Morgan fingerprint density at radius 3 is 2.67 bits per heavy atom. The van der Waals surface area contributed by atoms with E-state index in [2.05, 4.69) is 11.8 Å². The number of aliphatic hydroxyl groups excluding tert-OH is 1. The third-order valence-corrected chi connectivity index (χ3v) is 2.19. The molecule has 1 saturated heterocycles. The Balaban J connectivity index is 2.11. The average Bonchev–Trinajstić information content (AvgIpc) is 2.06. The molecular formula is C9H19NO2. The number of nitrogens with zero attached hydrogens (tertiary/aromatic N) is 1. The van der Waals surface area contributed by atoms with Crippen LogP contribution in [0.15, 0.2) is 0 Å². The van der Waals surface area contributed by atoms with Crippen molar-refractivity contribution in [3.05, 3.63) is 0 Å². The molecule has 0 saturated carbocycles. The quantitative estimate of drug-likeness (QED) is 0.671. The molecule has 0 aliphatic carbocycles. The molecule has 0 aromatic heterocycles. The summed E-state index contributed by atoms with van der Waals surface area (Å²) in [5.74, 6) is 0. The van der Waals surface area contributed by atoms with Crippen LogP contribution in [-0.4, -0.2) is 49.0 Å². The van der Waals surface area contributed by atoms with Crippen molar-refractivity contribution >= 4 is 0 Å². The Morgan fingerprint density at radius 1 is 1.42 bits per heavy atom. The summed E-state index contributed by atoms with van der Waals surface area (Å²) in [7, 11) is 0. The van der Waals surface area contributed by atoms with Crippen molar-refractivity contribution in [2.75, 3.05) is 32.8 Å². The second-order valence-electron chi connectivity index (χ2n) is 3.36. The fourth-order valence-corrected chi connectivity index (χ4v) is 1.51. The van der Waals surface area contributed by atoms with Gasteiger partial charge in [-0.1, -0.05) is 13.3 Å². The van der Waals surface area contributed by atoms with Crippen LogP contribution in [0, 0.1) is 0 Å². The topological polar surface area (TPSA) is 32.7 Å². The van der Waals surface area contributed by atoms with Crippen LogP contribution >= 0.6 is 0 Å². The van der Waals surface area contributed by atoms with Gasteiger partial charge in [0.2, 0.25) is 0 Å². The average molecular weight is 173 g/mol. The zero-order valence-corrected chi connectivity index (χ0v) is 7.83. The number of β-amino-alcohol motifs (C(OH)–C–C–N with tert-alkyl or cyclic N) is 1. The maximum atomic E-state index is 9.52. The van der Waals surface area contributed by atoms with Gasteiger partial charge in [0.1, 0.15) is 0 Å². The smallest absolute Gasteiger partial charge is 0.0667 e. The third-order valence-electron chi connectivity index (χ3n) is 2.19. The standard InChI is InChI=1S/C9H19NO2/c1-2-3-9(11)8-10-4-6-12-7-5-10/h9,11H,2-8H2,1H3/t9-/m1/s1. The molecule has 0 spiro atoms. The lowest BCUT2D eigenvalue weighted by molar-refractivity contribution is 0.0131. The van der Waals surface area contributed by atoms with Crippen molar-refractivity contribution in [2.45, 2.75) is 25.9 Å². The molecule has 1 heterocycles. The number of hydrogen-bond donors (Lipinski definition) is 1. The van der Waals surface area contributed by atoms with E-state index in [1.165, 1.54) is 0 Å². The van der Waals surface area contributed by atoms with E-state index in [0.717, 1.165) is 45.7 Å². The second-order valence-corrected chi connectivity index (χ2v) is 3.36. The molecule has 3 nitrogen and oxygen atoms in total. The zero-order chi connectivity index (χ0) is 8.81. The maximum absolute atomic E-state index is 9.52. The summed E-state index contributed by atoms with van der Waals surface area (Å²) in [6, 6.07) is 0. The van der Waals surface area contributed by atoms with Gasteiger partial charge in [-0.25, -0.2) is 0 Å². The fraction of sp³-hybridized carbons (Fsp3) is 1.00. The van der Waals surface area contributed by atoms with Gasteiger partial charge in [0, 0.05) is 19.6 Å². The van der Waals surface area contributed by atoms with E-state index in [1.807, 2.05) is 0 Å². The van der Waals surface area contributed by atoms with E-state index in [4.69, 9.17) is 4.74 Å². The van der Waals surface area contributed by atoms with Gasteiger partial charge in [-0.15, -0.1) is 0 Å². The highest BCUT2D eigenvalue weighted by atomic mass is 16.5. The molecule has 1 aliphatic heterocycles. The molecule has 0 bridgehead atoms. The van der Waals surface area contributed by atoms with Crippen molar-refractivity contribution in [3.63, 3.8) is 0 Å². The summed E-state index contributed by atoms with van der Waals surface area (Å²) >= 11 is 0. The van der Waals surface area contributed by atoms with Gasteiger partial charge in [0.05, 0.1) is 19.3 Å². The molecule has 1 N–H and O–H groups in total. The summed E-state index contributed by atoms with van der Waals surface area (Å²) in [5.41, 5.74) is 0. The first-order valence-corrected chi connectivity index (χ1v) is 4.81. The number of morpholine rings is 1. The molecule has 0 unspecified atom stereocenters. The Labute approximate surface area is 74.3 Å². The highest BCUT2D eigenvalue weighted by Crippen LogP contribution is 2.02. The van der Waals surface area contributed by atoms with Crippen LogP contribution in [0.25, 0.3) is 0 Å². The molecule has 3 heteroatoms. The van der Waals surface area contributed by atoms with E-state index in [0.29, 0.717) is 0 Å². The predicted molar refractivity (Wildman–Crippen MR) is 48.2 cm³/mol. The van der Waals surface area contributed by atoms with Crippen LogP contribution in [0.3, 0.4) is 0 Å². The van der Waals surface area contributed by atoms with Crippen molar-refractivity contribution in [1.29, 1.82) is 0 Å². The lowest BCUT2D eigenvalue weighted by Crippen LogP contribution is -2.40. The summed E-state index contributed by atoms with van der Waals surface area (Å²) in [5, 5.41) is 9.52. The van der Waals surface area contributed by atoms with Gasteiger partial charge in [-0.3, -0.25) is 4.90 Å². The Morgan fingerprint density at radius 2 is 2.08 bits per heavy atom. The van der Waals surface area contributed by atoms with E-state index >= 15 is 0 Å². The van der Waals surface area contributed by atoms with E-state index in [1.54, 1.807) is 0 Å². The van der Waals surface area contributed by atoms with Gasteiger partial charge < -0.3 is 9.84 Å². The number of ether oxygens (including phenoxy) is 1. The second kappa shape index (κ2) is 5.51. The summed E-state index contributed by atoms with van der Waals surface area (Å²) in [6.45, 7) is 6.50. The first-order valence-electron chi connectivity index (χ1n) is 4.81. The predicted octanol–water partition coefficient (Wildman–Crippen LogP) is 0.480. The van der Waals surface area contributed by atoms with E-state index in [-0.39, 0.29) is 6.10 Å². The Kier molecular flexibility index (Phi) is 4.58. The van der Waals surface area contributed by atoms with Crippen LogP contribution in [-0.2, 0) is 4.74 Å². The van der Waals surface area contributed by atoms with Gasteiger partial charge in [0.15, 0.2) is 0 Å². The highest BCUT2D eigenvalue weighted by molar-refractivity contribution is 4.66. The van der Waals surface area contributed by atoms with Crippen molar-refractivity contribution in [2.24, 2.45) is 0 Å². The lowest BCUT2D eigenvalue weighted by atomic mass is 10.2. The summed E-state index contributed by atoms with van der Waals surface area (Å²) in [4.78, 5) is 2.27. The largest absolute Gasteiger partial charge is 0.392 e. The number of aliphatic hydroxyl groups is 1. The molecule has 1 rings (SSSR count). The minimum absolute atomic E-state index is 0.145. The molecule has 1 atom stereocenters. The summed E-state index contributed by atoms with van der Waals surface area (Å²) < 4.78 is 5.22. The molecule has 12 heavy (non-hydrogen) atoms. The molecular weight excluding hydrogens is 154 g/mol. The number of hydrogen-bond acceptors (Lipinski definition) is 3. The molecule has 1 fully saturated rings. The molecule has 0 aromatic rings. The third kappa shape index (κ3) is 3.52. The SMILES string of the molecule is CCC[C@@H](O)CN1CCOCC1. The van der Waals surface area contributed by atoms with Gasteiger partial charge in [-0.2, -0.15) is 0 Å².